The van der Waals surface area contributed by atoms with Gasteiger partial charge in [-0.1, -0.05) is 0 Å². The summed E-state index contributed by atoms with van der Waals surface area (Å²) in [7, 11) is 0. The van der Waals surface area contributed by atoms with Crippen LogP contribution in [-0.4, -0.2) is 21.8 Å². The van der Waals surface area contributed by atoms with Crippen molar-refractivity contribution in [2.45, 2.75) is 6.92 Å². The van der Waals surface area contributed by atoms with E-state index in [2.05, 4.69) is 0 Å². The van der Waals surface area contributed by atoms with E-state index in [1.807, 2.05) is 0 Å². The predicted octanol–water partition coefficient (Wildman–Crippen LogP) is 1.50. The summed E-state index contributed by atoms with van der Waals surface area (Å²) in [4.78, 5) is 22.9. The molecule has 1 aromatic rings. The van der Waals surface area contributed by atoms with E-state index in [1.54, 1.807) is 6.92 Å². The number of aromatic hydroxyl groups is 2. The fourth-order valence-electron chi connectivity index (χ4n) is 1.80. The molecule has 2 rings (SSSR count). The molecule has 4 nitrogen and oxygen atoms in total. The summed E-state index contributed by atoms with van der Waals surface area (Å²) < 4.78 is 0. The van der Waals surface area contributed by atoms with Crippen LogP contribution in [0.3, 0.4) is 0 Å². The fourth-order valence-corrected chi connectivity index (χ4v) is 1.80. The number of benzene rings is 1. The Labute approximate surface area is 97.5 Å². The molecule has 0 atom stereocenters. The first-order chi connectivity index (χ1) is 7.99. The van der Waals surface area contributed by atoms with Crippen molar-refractivity contribution < 1.29 is 19.8 Å². The molecule has 2 N–H and O–H groups in total. The number of aryl methyl sites for hydroxylation is 1. The predicted molar refractivity (Wildman–Crippen MR) is 61.6 cm³/mol. The Hall–Kier alpha value is -2.36. The van der Waals surface area contributed by atoms with Crippen LogP contribution < -0.4 is 0 Å². The topological polar surface area (TPSA) is 74.6 Å². The number of carbonyl (C=O) groups excluding carboxylic acids is 2. The first kappa shape index (κ1) is 11.1. The Morgan fingerprint density at radius 1 is 1.06 bits per heavy atom. The lowest BCUT2D eigenvalue weighted by Crippen LogP contribution is -2.07. The van der Waals surface area contributed by atoms with E-state index in [9.17, 15) is 19.8 Å². The van der Waals surface area contributed by atoms with E-state index in [4.69, 9.17) is 0 Å². The van der Waals surface area contributed by atoms with Crippen molar-refractivity contribution in [3.05, 3.63) is 41.5 Å². The highest BCUT2D eigenvalue weighted by Crippen LogP contribution is 2.33. The quantitative estimate of drug-likeness (QED) is 0.717. The van der Waals surface area contributed by atoms with E-state index in [-0.39, 0.29) is 34.2 Å². The third-order valence-electron chi connectivity index (χ3n) is 2.52. The lowest BCUT2D eigenvalue weighted by molar-refractivity contribution is -0.113. The van der Waals surface area contributed by atoms with Crippen molar-refractivity contribution >= 4 is 17.1 Å². The van der Waals surface area contributed by atoms with Crippen LogP contribution in [0.2, 0.25) is 0 Å². The third kappa shape index (κ3) is 1.97. The van der Waals surface area contributed by atoms with E-state index in [1.165, 1.54) is 24.3 Å². The van der Waals surface area contributed by atoms with Crippen LogP contribution >= 0.6 is 0 Å². The Balaban J connectivity index is 2.62. The van der Waals surface area contributed by atoms with Gasteiger partial charge < -0.3 is 10.2 Å². The maximum Gasteiger partial charge on any atom is 0.186 e. The second kappa shape index (κ2) is 3.90. The molecule has 1 aliphatic rings. The van der Waals surface area contributed by atoms with Crippen molar-refractivity contribution in [2.24, 2.45) is 0 Å². The number of ketones is 2. The molecule has 86 valence electrons. The molecule has 0 aromatic heterocycles. The van der Waals surface area contributed by atoms with Crippen molar-refractivity contribution in [3.63, 3.8) is 0 Å². The highest BCUT2D eigenvalue weighted by atomic mass is 16.3. The Kier molecular flexibility index (Phi) is 2.55. The van der Waals surface area contributed by atoms with Crippen molar-refractivity contribution in [2.75, 3.05) is 0 Å². The maximum atomic E-state index is 11.6. The van der Waals surface area contributed by atoms with Crippen molar-refractivity contribution in [1.29, 1.82) is 0 Å². The molecule has 0 radical (unpaired) electrons. The summed E-state index contributed by atoms with van der Waals surface area (Å²) in [5, 5.41) is 19.0. The van der Waals surface area contributed by atoms with Gasteiger partial charge >= 0.3 is 0 Å². The standard InChI is InChI=1S/C13H10O4/c1-7-4-9(15)6-12(17)13(7)10-5-8(14)2-3-11(10)16/h2-6,15,17H,1H3. The molecule has 0 amide bonds. The lowest BCUT2D eigenvalue weighted by Gasteiger charge is -2.12. The molecule has 0 saturated carbocycles. The van der Waals surface area contributed by atoms with Gasteiger partial charge in [0.1, 0.15) is 11.5 Å². The molecule has 1 aliphatic carbocycles. The Bertz CT molecular complexity index is 556. The molecular weight excluding hydrogens is 220 g/mol. The summed E-state index contributed by atoms with van der Waals surface area (Å²) in [6, 6.07) is 2.56. The summed E-state index contributed by atoms with van der Waals surface area (Å²) >= 11 is 0. The number of allylic oxidation sites excluding steroid dienone is 4. The Morgan fingerprint density at radius 3 is 2.41 bits per heavy atom. The van der Waals surface area contributed by atoms with Crippen LogP contribution in [0.4, 0.5) is 0 Å². The van der Waals surface area contributed by atoms with Crippen LogP contribution in [0.5, 0.6) is 11.5 Å². The SMILES string of the molecule is Cc1cc(O)cc(O)c1C1=CC(=O)C=CC1=O. The van der Waals surface area contributed by atoms with Gasteiger partial charge in [-0.15, -0.1) is 0 Å². The van der Waals surface area contributed by atoms with Crippen molar-refractivity contribution in [3.8, 4) is 11.5 Å². The molecule has 0 heterocycles. The van der Waals surface area contributed by atoms with E-state index >= 15 is 0 Å². The van der Waals surface area contributed by atoms with Gasteiger partial charge in [0.05, 0.1) is 0 Å². The van der Waals surface area contributed by atoms with Gasteiger partial charge in [-0.3, -0.25) is 9.59 Å². The van der Waals surface area contributed by atoms with Gasteiger partial charge in [0.15, 0.2) is 11.6 Å². The molecule has 0 spiro atoms. The minimum atomic E-state index is -0.339. The summed E-state index contributed by atoms with van der Waals surface area (Å²) in [5.74, 6) is -0.945. The number of phenols is 2. The molecule has 0 bridgehead atoms. The zero-order chi connectivity index (χ0) is 12.6. The maximum absolute atomic E-state index is 11.6. The average Bonchev–Trinajstić information content (AvgIpc) is 2.21. The molecule has 17 heavy (non-hydrogen) atoms. The zero-order valence-corrected chi connectivity index (χ0v) is 9.10. The van der Waals surface area contributed by atoms with E-state index in [0.29, 0.717) is 5.56 Å². The summed E-state index contributed by atoms with van der Waals surface area (Å²) in [6.45, 7) is 1.64. The second-order valence-corrected chi connectivity index (χ2v) is 3.81. The first-order valence-electron chi connectivity index (χ1n) is 5.00. The molecule has 0 fully saturated rings. The van der Waals surface area contributed by atoms with Crippen LogP contribution in [-0.2, 0) is 9.59 Å². The molecule has 0 aliphatic heterocycles. The Morgan fingerprint density at radius 2 is 1.76 bits per heavy atom. The number of phenolic OH excluding ortho intramolecular Hbond substituents is 2. The highest BCUT2D eigenvalue weighted by molar-refractivity contribution is 6.34. The molecule has 1 aromatic carbocycles. The van der Waals surface area contributed by atoms with Crippen LogP contribution in [0.1, 0.15) is 11.1 Å². The van der Waals surface area contributed by atoms with Gasteiger partial charge in [-0.05, 0) is 36.8 Å². The molecule has 4 heteroatoms. The molecular formula is C13H10O4. The summed E-state index contributed by atoms with van der Waals surface area (Å²) in [5.41, 5.74) is 0.961. The highest BCUT2D eigenvalue weighted by Gasteiger charge is 2.20. The monoisotopic (exact) mass is 230 g/mol. The zero-order valence-electron chi connectivity index (χ0n) is 9.10. The lowest BCUT2D eigenvalue weighted by atomic mass is 9.92. The smallest absolute Gasteiger partial charge is 0.186 e. The van der Waals surface area contributed by atoms with Gasteiger partial charge in [-0.25, -0.2) is 0 Å². The van der Waals surface area contributed by atoms with Crippen LogP contribution in [0.15, 0.2) is 30.4 Å². The number of hydrogen-bond donors (Lipinski definition) is 2. The van der Waals surface area contributed by atoms with Crippen LogP contribution in [0, 0.1) is 6.92 Å². The number of hydrogen-bond acceptors (Lipinski definition) is 4. The normalized spacial score (nSPS) is 15.0. The van der Waals surface area contributed by atoms with Gasteiger partial charge in [0.25, 0.3) is 0 Å². The molecule has 0 saturated heterocycles. The number of rotatable bonds is 1. The largest absolute Gasteiger partial charge is 0.508 e. The van der Waals surface area contributed by atoms with Gasteiger partial charge in [-0.2, -0.15) is 0 Å². The van der Waals surface area contributed by atoms with Gasteiger partial charge in [0.2, 0.25) is 0 Å². The average molecular weight is 230 g/mol. The fraction of sp³-hybridized carbons (Fsp3) is 0.0769. The van der Waals surface area contributed by atoms with Crippen molar-refractivity contribution in [1.82, 2.24) is 0 Å². The number of carbonyl (C=O) groups is 2. The minimum absolute atomic E-state index is 0.0884. The van der Waals surface area contributed by atoms with Gasteiger partial charge in [0, 0.05) is 17.2 Å². The van der Waals surface area contributed by atoms with E-state index < -0.39 is 0 Å². The third-order valence-corrected chi connectivity index (χ3v) is 2.52. The summed E-state index contributed by atoms with van der Waals surface area (Å²) in [6.07, 6.45) is 3.53. The second-order valence-electron chi connectivity index (χ2n) is 3.81. The molecule has 0 unspecified atom stereocenters. The van der Waals surface area contributed by atoms with E-state index in [0.717, 1.165) is 6.07 Å². The first-order valence-corrected chi connectivity index (χ1v) is 5.00. The minimum Gasteiger partial charge on any atom is -0.508 e. The van der Waals surface area contributed by atoms with Crippen LogP contribution in [0.25, 0.3) is 5.57 Å².